The highest BCUT2D eigenvalue weighted by Gasteiger charge is 2.40. The van der Waals surface area contributed by atoms with E-state index in [-0.39, 0.29) is 6.42 Å². The third kappa shape index (κ3) is 2.56. The predicted octanol–water partition coefficient (Wildman–Crippen LogP) is 0.683. The Morgan fingerprint density at radius 3 is 2.45 bits per heavy atom. The number of hydrogen-bond donors (Lipinski definition) is 1. The maximum absolute atomic E-state index is 11.8. The number of esters is 1. The molecule has 1 heterocycles. The second kappa shape index (κ2) is 5.60. The van der Waals surface area contributed by atoms with Crippen molar-refractivity contribution in [3.05, 3.63) is 24.3 Å². The number of amides is 3. The van der Waals surface area contributed by atoms with Gasteiger partial charge in [-0.2, -0.15) is 0 Å². The molecule has 0 bridgehead atoms. The van der Waals surface area contributed by atoms with Gasteiger partial charge in [-0.3, -0.25) is 19.8 Å². The first-order valence-corrected chi connectivity index (χ1v) is 5.91. The second-order valence-electron chi connectivity index (χ2n) is 4.16. The number of ether oxygens (including phenoxy) is 2. The molecule has 20 heavy (non-hydrogen) atoms. The van der Waals surface area contributed by atoms with E-state index < -0.39 is 23.9 Å². The van der Waals surface area contributed by atoms with E-state index in [1.54, 1.807) is 24.3 Å². The van der Waals surface area contributed by atoms with Crippen LogP contribution in [-0.2, 0) is 14.3 Å². The number of hydrogen-bond acceptors (Lipinski definition) is 5. The average Bonchev–Trinajstić information content (AvgIpc) is 2.73. The summed E-state index contributed by atoms with van der Waals surface area (Å²) in [5, 5.41) is 2.18. The van der Waals surface area contributed by atoms with Crippen LogP contribution in [0.5, 0.6) is 5.75 Å². The zero-order valence-electron chi connectivity index (χ0n) is 11.1. The van der Waals surface area contributed by atoms with Crippen LogP contribution in [0.2, 0.25) is 0 Å². The minimum Gasteiger partial charge on any atom is -0.497 e. The van der Waals surface area contributed by atoms with Gasteiger partial charge >= 0.3 is 12.0 Å². The molecule has 1 aliphatic rings. The number of anilines is 1. The van der Waals surface area contributed by atoms with Crippen LogP contribution in [0.3, 0.4) is 0 Å². The monoisotopic (exact) mass is 278 g/mol. The molecular formula is C13H14N2O5. The molecule has 1 saturated heterocycles. The van der Waals surface area contributed by atoms with Gasteiger partial charge in [-0.1, -0.05) is 0 Å². The van der Waals surface area contributed by atoms with Crippen LogP contribution in [0.1, 0.15) is 6.42 Å². The number of nitrogens with one attached hydrogen (secondary N) is 1. The lowest BCUT2D eigenvalue weighted by Gasteiger charge is -2.21. The van der Waals surface area contributed by atoms with Gasteiger partial charge in [0.15, 0.2) is 0 Å². The number of imide groups is 1. The lowest BCUT2D eigenvalue weighted by molar-refractivity contribution is -0.142. The van der Waals surface area contributed by atoms with E-state index in [4.69, 9.17) is 4.74 Å². The summed E-state index contributed by atoms with van der Waals surface area (Å²) in [6, 6.07) is 5.15. The molecule has 0 saturated carbocycles. The van der Waals surface area contributed by atoms with Crippen molar-refractivity contribution in [1.82, 2.24) is 5.32 Å². The number of nitrogens with zero attached hydrogens (tertiary/aromatic N) is 1. The maximum Gasteiger partial charge on any atom is 0.329 e. The molecule has 7 heteroatoms. The van der Waals surface area contributed by atoms with Crippen molar-refractivity contribution in [3.63, 3.8) is 0 Å². The van der Waals surface area contributed by atoms with E-state index in [1.165, 1.54) is 19.1 Å². The molecule has 1 N–H and O–H groups in total. The Kier molecular flexibility index (Phi) is 3.88. The van der Waals surface area contributed by atoms with Crippen molar-refractivity contribution in [2.45, 2.75) is 12.5 Å². The Labute approximate surface area is 115 Å². The molecule has 106 valence electrons. The largest absolute Gasteiger partial charge is 0.497 e. The normalized spacial score (nSPS) is 17.9. The van der Waals surface area contributed by atoms with Gasteiger partial charge in [0.25, 0.3) is 5.91 Å². The zero-order chi connectivity index (χ0) is 14.7. The third-order valence-electron chi connectivity index (χ3n) is 3.00. The average molecular weight is 278 g/mol. The molecule has 2 rings (SSSR count). The van der Waals surface area contributed by atoms with Crippen LogP contribution in [0.15, 0.2) is 24.3 Å². The first kappa shape index (κ1) is 13.9. The summed E-state index contributed by atoms with van der Waals surface area (Å²) in [6.45, 7) is 0. The van der Waals surface area contributed by atoms with Gasteiger partial charge in [0.2, 0.25) is 0 Å². The number of benzene rings is 1. The Bertz CT molecular complexity index is 540. The molecule has 1 aromatic carbocycles. The van der Waals surface area contributed by atoms with Crippen LogP contribution in [-0.4, -0.2) is 38.2 Å². The number of methoxy groups -OCH3 is 2. The molecule has 0 aliphatic carbocycles. The molecule has 1 atom stereocenters. The Morgan fingerprint density at radius 2 is 1.90 bits per heavy atom. The van der Waals surface area contributed by atoms with Gasteiger partial charge in [-0.15, -0.1) is 0 Å². The number of carbonyl (C=O) groups excluding carboxylic acids is 3. The standard InChI is InChI=1S/C13H14N2O5/c1-19-9-5-3-8(4-6-9)15-10(7-11(16)20-2)12(17)14-13(15)18/h3-6,10H,7H2,1-2H3,(H,14,17,18). The van der Waals surface area contributed by atoms with Crippen LogP contribution < -0.4 is 15.0 Å². The topological polar surface area (TPSA) is 84.9 Å². The fourth-order valence-electron chi connectivity index (χ4n) is 1.97. The molecule has 1 aromatic rings. The van der Waals surface area contributed by atoms with E-state index in [1.807, 2.05) is 0 Å². The summed E-state index contributed by atoms with van der Waals surface area (Å²) in [7, 11) is 2.76. The summed E-state index contributed by atoms with van der Waals surface area (Å²) in [5.41, 5.74) is 0.503. The van der Waals surface area contributed by atoms with Crippen molar-refractivity contribution in [3.8, 4) is 5.75 Å². The van der Waals surface area contributed by atoms with Crippen molar-refractivity contribution in [2.24, 2.45) is 0 Å². The maximum atomic E-state index is 11.8. The Morgan fingerprint density at radius 1 is 1.25 bits per heavy atom. The summed E-state index contributed by atoms with van der Waals surface area (Å²) < 4.78 is 9.57. The summed E-state index contributed by atoms with van der Waals surface area (Å²) >= 11 is 0. The first-order chi connectivity index (χ1) is 9.56. The fourth-order valence-corrected chi connectivity index (χ4v) is 1.97. The molecule has 1 unspecified atom stereocenters. The van der Waals surface area contributed by atoms with Gasteiger partial charge in [-0.25, -0.2) is 4.79 Å². The summed E-state index contributed by atoms with van der Waals surface area (Å²) in [6.07, 6.45) is -0.194. The van der Waals surface area contributed by atoms with Gasteiger partial charge in [0, 0.05) is 5.69 Å². The van der Waals surface area contributed by atoms with Gasteiger partial charge in [0.1, 0.15) is 11.8 Å². The van der Waals surface area contributed by atoms with E-state index in [9.17, 15) is 14.4 Å². The molecule has 7 nitrogen and oxygen atoms in total. The van der Waals surface area contributed by atoms with E-state index >= 15 is 0 Å². The minimum absolute atomic E-state index is 0.194. The summed E-state index contributed by atoms with van der Waals surface area (Å²) in [4.78, 5) is 36.1. The lowest BCUT2D eigenvalue weighted by atomic mass is 10.1. The summed E-state index contributed by atoms with van der Waals surface area (Å²) in [5.74, 6) is -0.446. The van der Waals surface area contributed by atoms with Crippen LogP contribution in [0.4, 0.5) is 10.5 Å². The molecule has 0 aromatic heterocycles. The molecule has 0 spiro atoms. The Balaban J connectivity index is 2.27. The van der Waals surface area contributed by atoms with Gasteiger partial charge in [0.05, 0.1) is 20.6 Å². The number of urea groups is 1. The third-order valence-corrected chi connectivity index (χ3v) is 3.00. The van der Waals surface area contributed by atoms with Crippen LogP contribution >= 0.6 is 0 Å². The highest BCUT2D eigenvalue weighted by Crippen LogP contribution is 2.25. The van der Waals surface area contributed by atoms with E-state index in [0.29, 0.717) is 11.4 Å². The molecule has 1 aliphatic heterocycles. The molecular weight excluding hydrogens is 264 g/mol. The number of carbonyl (C=O) groups is 3. The molecule has 0 radical (unpaired) electrons. The Hall–Kier alpha value is -2.57. The minimum atomic E-state index is -0.900. The van der Waals surface area contributed by atoms with Gasteiger partial charge < -0.3 is 9.47 Å². The molecule has 3 amide bonds. The van der Waals surface area contributed by atoms with Crippen molar-refractivity contribution < 1.29 is 23.9 Å². The zero-order valence-corrected chi connectivity index (χ0v) is 11.1. The predicted molar refractivity (Wildman–Crippen MR) is 69.4 cm³/mol. The van der Waals surface area contributed by atoms with Crippen molar-refractivity contribution in [2.75, 3.05) is 19.1 Å². The smallest absolute Gasteiger partial charge is 0.329 e. The van der Waals surface area contributed by atoms with Crippen molar-refractivity contribution >= 4 is 23.6 Å². The SMILES string of the molecule is COC(=O)CC1C(=O)NC(=O)N1c1ccc(OC)cc1. The highest BCUT2D eigenvalue weighted by molar-refractivity contribution is 6.15. The molecule has 1 fully saturated rings. The highest BCUT2D eigenvalue weighted by atomic mass is 16.5. The first-order valence-electron chi connectivity index (χ1n) is 5.91. The number of rotatable bonds is 4. The fraction of sp³-hybridized carbons (Fsp3) is 0.308. The van der Waals surface area contributed by atoms with Crippen LogP contribution in [0, 0.1) is 0 Å². The van der Waals surface area contributed by atoms with Gasteiger partial charge in [-0.05, 0) is 24.3 Å². The van der Waals surface area contributed by atoms with E-state index in [0.717, 1.165) is 0 Å². The second-order valence-corrected chi connectivity index (χ2v) is 4.16. The van der Waals surface area contributed by atoms with E-state index in [2.05, 4.69) is 10.1 Å². The van der Waals surface area contributed by atoms with Crippen LogP contribution in [0.25, 0.3) is 0 Å². The quantitative estimate of drug-likeness (QED) is 0.646. The van der Waals surface area contributed by atoms with Crippen molar-refractivity contribution in [1.29, 1.82) is 0 Å². The lowest BCUT2D eigenvalue weighted by Crippen LogP contribution is -2.37.